The lowest BCUT2D eigenvalue weighted by Crippen LogP contribution is -2.59. The molecule has 3 aliphatic rings. The number of aliphatic hydroxyl groups excluding tert-OH is 1. The van der Waals surface area contributed by atoms with E-state index in [9.17, 15) is 15.1 Å². The number of carbonyl (C=O) groups is 1. The van der Waals surface area contributed by atoms with Gasteiger partial charge in [0.25, 0.3) is 0 Å². The number of ether oxygens (including phenoxy) is 1. The molecule has 0 spiro atoms. The summed E-state index contributed by atoms with van der Waals surface area (Å²) in [5.41, 5.74) is 2.05. The molecule has 2 N–H and O–H groups in total. The van der Waals surface area contributed by atoms with Crippen LogP contribution in [0.25, 0.3) is 10.9 Å². The van der Waals surface area contributed by atoms with E-state index in [2.05, 4.69) is 4.98 Å². The Balaban J connectivity index is 2.09. The molecule has 3 aliphatic heterocycles. The molecule has 3 atom stereocenters. The molecule has 0 aliphatic carbocycles. The van der Waals surface area contributed by atoms with Crippen LogP contribution < -0.4 is 0 Å². The first kappa shape index (κ1) is 17.3. The lowest BCUT2D eigenvalue weighted by Gasteiger charge is -2.53. The van der Waals surface area contributed by atoms with E-state index in [1.165, 1.54) is 7.11 Å². The van der Waals surface area contributed by atoms with Crippen LogP contribution in [0.5, 0.6) is 0 Å². The Kier molecular flexibility index (Phi) is 3.95. The molecular weight excluding hydrogens is 332 g/mol. The number of piperidine rings is 1. The molecule has 26 heavy (non-hydrogen) atoms. The summed E-state index contributed by atoms with van der Waals surface area (Å²) in [4.78, 5) is 16.4. The number of hydroxylamine groups is 3. The summed E-state index contributed by atoms with van der Waals surface area (Å²) in [6, 6.07) is 7.73. The van der Waals surface area contributed by atoms with Crippen molar-refractivity contribution in [1.29, 1.82) is 0 Å². The van der Waals surface area contributed by atoms with Crippen LogP contribution in [0.2, 0.25) is 0 Å². The van der Waals surface area contributed by atoms with E-state index >= 15 is 0 Å². The van der Waals surface area contributed by atoms with Crippen molar-refractivity contribution in [2.24, 2.45) is 5.92 Å². The van der Waals surface area contributed by atoms with Crippen molar-refractivity contribution >= 4 is 16.9 Å². The summed E-state index contributed by atoms with van der Waals surface area (Å²) in [6.45, 7) is 2.59. The number of hydrogen-bond acceptors (Lipinski definition) is 4. The molecule has 2 aromatic rings. The van der Waals surface area contributed by atoms with Gasteiger partial charge in [-0.1, -0.05) is 24.3 Å². The third-order valence-corrected chi connectivity index (χ3v) is 6.21. The van der Waals surface area contributed by atoms with Crippen LogP contribution in [0.1, 0.15) is 24.6 Å². The second kappa shape index (κ2) is 5.94. The quantitative estimate of drug-likeness (QED) is 0.374. The van der Waals surface area contributed by atoms with Crippen molar-refractivity contribution in [2.45, 2.75) is 25.3 Å². The molecule has 0 radical (unpaired) electrons. The Hall–Kier alpha value is -2.15. The number of aromatic amines is 1. The number of para-hydroxylation sites is 1. The summed E-state index contributed by atoms with van der Waals surface area (Å²) >= 11 is 0. The van der Waals surface area contributed by atoms with Crippen molar-refractivity contribution in [3.63, 3.8) is 0 Å². The zero-order valence-corrected chi connectivity index (χ0v) is 15.1. The molecule has 4 heterocycles. The lowest BCUT2D eigenvalue weighted by molar-refractivity contribution is -0.894. The highest BCUT2D eigenvalue weighted by Crippen LogP contribution is 2.49. The highest BCUT2D eigenvalue weighted by Gasteiger charge is 2.56. The first-order valence-corrected chi connectivity index (χ1v) is 9.00. The number of esters is 1. The number of rotatable bonds is 2. The minimum Gasteiger partial charge on any atom is -0.632 e. The molecule has 6 heteroatoms. The maximum Gasteiger partial charge on any atom is 0.320 e. The maximum atomic E-state index is 13.4. The second-order valence-electron chi connectivity index (χ2n) is 7.45. The van der Waals surface area contributed by atoms with Crippen molar-refractivity contribution in [2.75, 3.05) is 26.8 Å². The van der Waals surface area contributed by atoms with Crippen LogP contribution in [0.15, 0.2) is 35.9 Å². The van der Waals surface area contributed by atoms with Gasteiger partial charge in [-0.2, -0.15) is 0 Å². The minimum atomic E-state index is -1.21. The topological polar surface area (TPSA) is 85.4 Å². The third kappa shape index (κ3) is 2.19. The normalized spacial score (nSPS) is 32.3. The first-order valence-electron chi connectivity index (χ1n) is 9.00. The highest BCUT2D eigenvalue weighted by molar-refractivity contribution is 5.91. The molecule has 138 valence electrons. The molecule has 1 fully saturated rings. The van der Waals surface area contributed by atoms with Crippen molar-refractivity contribution in [3.8, 4) is 0 Å². The third-order valence-electron chi connectivity index (χ3n) is 6.21. The predicted molar refractivity (Wildman–Crippen MR) is 98.0 cm³/mol. The molecule has 5 rings (SSSR count). The smallest absolute Gasteiger partial charge is 0.320 e. The van der Waals surface area contributed by atoms with Gasteiger partial charge in [-0.05, 0) is 18.6 Å². The number of benzene rings is 1. The Morgan fingerprint density at radius 1 is 1.46 bits per heavy atom. The van der Waals surface area contributed by atoms with Gasteiger partial charge in [0.05, 0.1) is 20.3 Å². The van der Waals surface area contributed by atoms with E-state index in [-0.39, 0.29) is 23.7 Å². The SMILES string of the molecule is C/C=C1\C[N+]2([O-])CCC1C(CO)(C(=O)OC)c1[nH]c3ccccc3c1C2. The zero-order valence-electron chi connectivity index (χ0n) is 15.1. The van der Waals surface area contributed by atoms with Gasteiger partial charge in [-0.15, -0.1) is 0 Å². The number of fused-ring (bicyclic) bond motifs is 3. The predicted octanol–water partition coefficient (Wildman–Crippen LogP) is 2.37. The summed E-state index contributed by atoms with van der Waals surface area (Å²) in [5.74, 6) is -0.706. The molecule has 3 unspecified atom stereocenters. The first-order chi connectivity index (χ1) is 12.5. The average molecular weight is 356 g/mol. The number of hydrogen-bond donors (Lipinski definition) is 2. The van der Waals surface area contributed by atoms with Gasteiger partial charge >= 0.3 is 5.97 Å². The number of carbonyl (C=O) groups excluding carboxylic acids is 1. The second-order valence-corrected chi connectivity index (χ2v) is 7.45. The van der Waals surface area contributed by atoms with Crippen LogP contribution in [0, 0.1) is 11.1 Å². The Morgan fingerprint density at radius 3 is 2.92 bits per heavy atom. The highest BCUT2D eigenvalue weighted by atomic mass is 16.5. The van der Waals surface area contributed by atoms with Gasteiger partial charge in [0.15, 0.2) is 0 Å². The molecule has 0 amide bonds. The van der Waals surface area contributed by atoms with E-state index in [4.69, 9.17) is 4.74 Å². The van der Waals surface area contributed by atoms with E-state index < -0.39 is 11.4 Å². The van der Waals surface area contributed by atoms with E-state index in [1.807, 2.05) is 37.3 Å². The van der Waals surface area contributed by atoms with Gasteiger partial charge in [0, 0.05) is 34.5 Å². The molecule has 1 aromatic carbocycles. The van der Waals surface area contributed by atoms with Gasteiger partial charge in [0.1, 0.15) is 18.5 Å². The van der Waals surface area contributed by atoms with Gasteiger partial charge < -0.3 is 24.7 Å². The maximum absolute atomic E-state index is 13.4. The largest absolute Gasteiger partial charge is 0.632 e. The van der Waals surface area contributed by atoms with Crippen LogP contribution in [-0.2, 0) is 21.5 Å². The summed E-state index contributed by atoms with van der Waals surface area (Å²) < 4.78 is 4.85. The number of nitrogens with zero attached hydrogens (tertiary/aromatic N) is 1. The fraction of sp³-hybridized carbons (Fsp3) is 0.450. The van der Waals surface area contributed by atoms with E-state index in [0.717, 1.165) is 22.0 Å². The van der Waals surface area contributed by atoms with Crippen molar-refractivity contribution in [1.82, 2.24) is 4.98 Å². The van der Waals surface area contributed by atoms with E-state index in [0.29, 0.717) is 25.2 Å². The molecule has 1 aromatic heterocycles. The summed E-state index contributed by atoms with van der Waals surface area (Å²) in [5, 5.41) is 24.9. The monoisotopic (exact) mass is 356 g/mol. The zero-order chi connectivity index (χ0) is 18.5. The van der Waals surface area contributed by atoms with Gasteiger partial charge in [0.2, 0.25) is 0 Å². The Morgan fingerprint density at radius 2 is 2.23 bits per heavy atom. The van der Waals surface area contributed by atoms with Crippen molar-refractivity contribution in [3.05, 3.63) is 52.4 Å². The number of methoxy groups -OCH3 is 1. The standard InChI is InChI=1S/C20H24N2O4/c1-3-13-10-22(25)9-8-16(13)20(12-23,19(24)26-2)18-15(11-22)14-6-4-5-7-17(14)21-18/h3-7,16,21,23H,8-12H2,1-2H3/b13-3+. The fourth-order valence-corrected chi connectivity index (χ4v) is 4.95. The number of aliphatic hydroxyl groups is 1. The Labute approximate surface area is 152 Å². The summed E-state index contributed by atoms with van der Waals surface area (Å²) in [6.07, 6.45) is 2.48. The van der Waals surface area contributed by atoms with Gasteiger partial charge in [-0.25, -0.2) is 0 Å². The molecule has 6 nitrogen and oxygen atoms in total. The van der Waals surface area contributed by atoms with Crippen LogP contribution in [-0.4, -0.2) is 47.5 Å². The van der Waals surface area contributed by atoms with Gasteiger partial charge in [-0.3, -0.25) is 4.79 Å². The van der Waals surface area contributed by atoms with Crippen LogP contribution in [0.3, 0.4) is 0 Å². The summed E-state index contributed by atoms with van der Waals surface area (Å²) in [7, 11) is 1.35. The average Bonchev–Trinajstić information content (AvgIpc) is 3.00. The lowest BCUT2D eigenvalue weighted by atomic mass is 9.64. The minimum absolute atomic E-state index is 0.253. The van der Waals surface area contributed by atoms with Crippen LogP contribution in [0.4, 0.5) is 0 Å². The Bertz CT molecular complexity index is 902. The molecular formula is C20H24N2O4. The molecule has 0 saturated carbocycles. The molecule has 2 bridgehead atoms. The number of quaternary nitrogens is 1. The van der Waals surface area contributed by atoms with E-state index in [1.54, 1.807) is 0 Å². The fourth-order valence-electron chi connectivity index (χ4n) is 4.95. The van der Waals surface area contributed by atoms with Crippen LogP contribution >= 0.6 is 0 Å². The molecule has 1 saturated heterocycles. The number of allylic oxidation sites excluding steroid dienone is 1. The number of aromatic nitrogens is 1. The number of nitrogens with one attached hydrogen (secondary N) is 1. The van der Waals surface area contributed by atoms with Crippen molar-refractivity contribution < 1.29 is 19.3 Å². The number of H-pyrrole nitrogens is 1.